The van der Waals surface area contributed by atoms with E-state index in [0.717, 1.165) is 6.42 Å². The molecule has 0 saturated heterocycles. The first-order valence-electron chi connectivity index (χ1n) is 5.83. The van der Waals surface area contributed by atoms with Crippen LogP contribution in [0.3, 0.4) is 0 Å². The smallest absolute Gasteiger partial charge is 0.288 e. The SMILES string of the molecule is CCOC1CC(NC(=O)c2ncn[nH]2)C1(C)C. The molecule has 0 aliphatic heterocycles. The van der Waals surface area contributed by atoms with Crippen LogP contribution in [0.1, 0.15) is 37.8 Å². The Morgan fingerprint density at radius 3 is 3.00 bits per heavy atom. The number of nitrogens with one attached hydrogen (secondary N) is 2. The number of ether oxygens (including phenoxy) is 1. The number of carbonyl (C=O) groups is 1. The molecule has 0 spiro atoms. The van der Waals surface area contributed by atoms with Crippen LogP contribution in [0, 0.1) is 5.41 Å². The number of rotatable bonds is 4. The highest BCUT2D eigenvalue weighted by Crippen LogP contribution is 2.42. The van der Waals surface area contributed by atoms with Gasteiger partial charge in [-0.2, -0.15) is 5.10 Å². The molecule has 1 heterocycles. The molecule has 1 saturated carbocycles. The Kier molecular flexibility index (Phi) is 3.15. The van der Waals surface area contributed by atoms with E-state index in [2.05, 4.69) is 34.3 Å². The summed E-state index contributed by atoms with van der Waals surface area (Å²) in [7, 11) is 0. The minimum absolute atomic E-state index is 0.0360. The fraction of sp³-hybridized carbons (Fsp3) is 0.727. The summed E-state index contributed by atoms with van der Waals surface area (Å²) in [6, 6.07) is 0.122. The van der Waals surface area contributed by atoms with Crippen molar-refractivity contribution in [3.8, 4) is 0 Å². The lowest BCUT2D eigenvalue weighted by molar-refractivity contribution is -0.111. The third-order valence-electron chi connectivity index (χ3n) is 3.48. The van der Waals surface area contributed by atoms with Crippen LogP contribution >= 0.6 is 0 Å². The van der Waals surface area contributed by atoms with Crippen LogP contribution in [-0.2, 0) is 4.74 Å². The number of hydrogen-bond acceptors (Lipinski definition) is 4. The fourth-order valence-electron chi connectivity index (χ4n) is 2.16. The van der Waals surface area contributed by atoms with E-state index in [4.69, 9.17) is 4.74 Å². The summed E-state index contributed by atoms with van der Waals surface area (Å²) in [5.74, 6) is 0.0381. The minimum Gasteiger partial charge on any atom is -0.378 e. The maximum absolute atomic E-state index is 11.8. The first-order chi connectivity index (χ1) is 8.05. The van der Waals surface area contributed by atoms with Gasteiger partial charge in [-0.1, -0.05) is 13.8 Å². The Balaban J connectivity index is 1.92. The molecule has 1 fully saturated rings. The summed E-state index contributed by atoms with van der Waals surface area (Å²) in [4.78, 5) is 15.6. The molecule has 17 heavy (non-hydrogen) atoms. The van der Waals surface area contributed by atoms with Crippen molar-refractivity contribution in [2.24, 2.45) is 5.41 Å². The molecule has 94 valence electrons. The molecule has 2 unspecified atom stereocenters. The lowest BCUT2D eigenvalue weighted by Crippen LogP contribution is -2.62. The van der Waals surface area contributed by atoms with Crippen molar-refractivity contribution in [1.82, 2.24) is 20.5 Å². The summed E-state index contributed by atoms with van der Waals surface area (Å²) < 4.78 is 5.61. The van der Waals surface area contributed by atoms with Crippen molar-refractivity contribution in [3.05, 3.63) is 12.2 Å². The summed E-state index contributed by atoms with van der Waals surface area (Å²) in [5, 5.41) is 9.15. The van der Waals surface area contributed by atoms with E-state index in [9.17, 15) is 4.79 Å². The van der Waals surface area contributed by atoms with E-state index in [-0.39, 0.29) is 29.3 Å². The molecular weight excluding hydrogens is 220 g/mol. The summed E-state index contributed by atoms with van der Waals surface area (Å²) in [5.41, 5.74) is -0.0360. The molecule has 0 aromatic carbocycles. The monoisotopic (exact) mass is 238 g/mol. The molecular formula is C11H18N4O2. The average molecular weight is 238 g/mol. The van der Waals surface area contributed by atoms with Crippen molar-refractivity contribution < 1.29 is 9.53 Å². The molecule has 1 amide bonds. The predicted molar refractivity (Wildman–Crippen MR) is 61.4 cm³/mol. The van der Waals surface area contributed by atoms with E-state index in [0.29, 0.717) is 6.61 Å². The van der Waals surface area contributed by atoms with E-state index < -0.39 is 0 Å². The van der Waals surface area contributed by atoms with Gasteiger partial charge in [0.1, 0.15) is 6.33 Å². The Bertz CT molecular complexity index is 388. The fourth-order valence-corrected chi connectivity index (χ4v) is 2.16. The van der Waals surface area contributed by atoms with Crippen LogP contribution in [0.15, 0.2) is 6.33 Å². The van der Waals surface area contributed by atoms with Crippen LogP contribution in [0.25, 0.3) is 0 Å². The van der Waals surface area contributed by atoms with Crippen molar-refractivity contribution in [1.29, 1.82) is 0 Å². The standard InChI is InChI=1S/C11H18N4O2/c1-4-17-8-5-7(11(8,2)3)14-10(16)9-12-6-13-15-9/h6-8H,4-5H2,1-3H3,(H,14,16)(H,12,13,15). The highest BCUT2D eigenvalue weighted by molar-refractivity contribution is 5.90. The normalized spacial score (nSPS) is 26.3. The number of hydrogen-bond donors (Lipinski definition) is 2. The molecule has 1 aliphatic carbocycles. The van der Waals surface area contributed by atoms with Crippen molar-refractivity contribution >= 4 is 5.91 Å². The number of aromatic nitrogens is 3. The molecule has 1 aliphatic rings. The van der Waals surface area contributed by atoms with Gasteiger partial charge in [-0.25, -0.2) is 4.98 Å². The molecule has 1 aromatic heterocycles. The highest BCUT2D eigenvalue weighted by atomic mass is 16.5. The Labute approximate surface area is 100 Å². The van der Waals surface area contributed by atoms with Gasteiger partial charge in [-0.15, -0.1) is 0 Å². The molecule has 0 bridgehead atoms. The number of nitrogens with zero attached hydrogens (tertiary/aromatic N) is 2. The third kappa shape index (κ3) is 2.17. The topological polar surface area (TPSA) is 79.9 Å². The van der Waals surface area contributed by atoms with Gasteiger partial charge in [0.2, 0.25) is 5.82 Å². The molecule has 2 N–H and O–H groups in total. The first-order valence-corrected chi connectivity index (χ1v) is 5.83. The van der Waals surface area contributed by atoms with Gasteiger partial charge in [0, 0.05) is 18.1 Å². The zero-order valence-electron chi connectivity index (χ0n) is 10.4. The molecule has 6 nitrogen and oxygen atoms in total. The Hall–Kier alpha value is -1.43. The lowest BCUT2D eigenvalue weighted by Gasteiger charge is -2.51. The van der Waals surface area contributed by atoms with Gasteiger partial charge in [-0.05, 0) is 13.3 Å². The van der Waals surface area contributed by atoms with E-state index >= 15 is 0 Å². The molecule has 1 aromatic rings. The second-order valence-electron chi connectivity index (χ2n) is 4.86. The summed E-state index contributed by atoms with van der Waals surface area (Å²) in [6.07, 6.45) is 2.39. The zero-order valence-corrected chi connectivity index (χ0v) is 10.4. The minimum atomic E-state index is -0.212. The van der Waals surface area contributed by atoms with Gasteiger partial charge in [0.25, 0.3) is 5.91 Å². The molecule has 0 radical (unpaired) electrons. The molecule has 2 rings (SSSR count). The predicted octanol–water partition coefficient (Wildman–Crippen LogP) is 0.738. The van der Waals surface area contributed by atoms with Crippen LogP contribution in [0.4, 0.5) is 0 Å². The van der Waals surface area contributed by atoms with Gasteiger partial charge in [0.05, 0.1) is 6.10 Å². The van der Waals surface area contributed by atoms with Gasteiger partial charge < -0.3 is 10.1 Å². The number of amides is 1. The first kappa shape index (κ1) is 12.0. The summed E-state index contributed by atoms with van der Waals surface area (Å²) in [6.45, 7) is 6.89. The zero-order chi connectivity index (χ0) is 12.5. The van der Waals surface area contributed by atoms with Gasteiger partial charge in [0.15, 0.2) is 0 Å². The van der Waals surface area contributed by atoms with Crippen LogP contribution in [0.5, 0.6) is 0 Å². The van der Waals surface area contributed by atoms with Crippen LogP contribution in [0.2, 0.25) is 0 Å². The van der Waals surface area contributed by atoms with Crippen molar-refractivity contribution in [2.45, 2.75) is 39.3 Å². The third-order valence-corrected chi connectivity index (χ3v) is 3.48. The number of H-pyrrole nitrogens is 1. The second-order valence-corrected chi connectivity index (χ2v) is 4.86. The Morgan fingerprint density at radius 1 is 1.71 bits per heavy atom. The lowest BCUT2D eigenvalue weighted by atomic mass is 9.64. The van der Waals surface area contributed by atoms with Gasteiger partial charge >= 0.3 is 0 Å². The maximum atomic E-state index is 11.8. The maximum Gasteiger partial charge on any atom is 0.288 e. The van der Waals surface area contributed by atoms with Crippen molar-refractivity contribution in [2.75, 3.05) is 6.61 Å². The number of aromatic amines is 1. The van der Waals surface area contributed by atoms with Crippen LogP contribution < -0.4 is 5.32 Å². The highest BCUT2D eigenvalue weighted by Gasteiger charge is 2.49. The summed E-state index contributed by atoms with van der Waals surface area (Å²) >= 11 is 0. The number of carbonyl (C=O) groups excluding carboxylic acids is 1. The second kappa shape index (κ2) is 4.44. The largest absolute Gasteiger partial charge is 0.378 e. The quantitative estimate of drug-likeness (QED) is 0.810. The van der Waals surface area contributed by atoms with Crippen LogP contribution in [-0.4, -0.2) is 39.8 Å². The van der Waals surface area contributed by atoms with E-state index in [1.54, 1.807) is 0 Å². The molecule has 6 heteroatoms. The Morgan fingerprint density at radius 2 is 2.47 bits per heavy atom. The van der Waals surface area contributed by atoms with E-state index in [1.165, 1.54) is 6.33 Å². The average Bonchev–Trinajstić information content (AvgIpc) is 2.81. The van der Waals surface area contributed by atoms with Crippen molar-refractivity contribution in [3.63, 3.8) is 0 Å². The van der Waals surface area contributed by atoms with Gasteiger partial charge in [-0.3, -0.25) is 9.89 Å². The molecule has 2 atom stereocenters. The van der Waals surface area contributed by atoms with E-state index in [1.807, 2.05) is 6.92 Å².